The van der Waals surface area contributed by atoms with Crippen LogP contribution in [0, 0.1) is 10.8 Å². The third-order valence-corrected chi connectivity index (χ3v) is 4.50. The summed E-state index contributed by atoms with van der Waals surface area (Å²) < 4.78 is 0. The zero-order valence-corrected chi connectivity index (χ0v) is 15.0. The zero-order valence-electron chi connectivity index (χ0n) is 15.0. The first-order valence-corrected chi connectivity index (χ1v) is 8.12. The average Bonchev–Trinajstić information content (AvgIpc) is 2.47. The van der Waals surface area contributed by atoms with E-state index in [1.807, 2.05) is 12.1 Å². The Labute approximate surface area is 139 Å². The van der Waals surface area contributed by atoms with Crippen molar-refractivity contribution in [1.82, 2.24) is 0 Å². The summed E-state index contributed by atoms with van der Waals surface area (Å²) >= 11 is 0. The highest BCUT2D eigenvalue weighted by molar-refractivity contribution is 5.30. The Balaban J connectivity index is 3.04. The number of hydrogen-bond acceptors (Lipinski definition) is 4. The molecule has 0 spiro atoms. The number of rotatable bonds is 7. The maximum Gasteiger partial charge on any atom is 0.0912 e. The average molecular weight is 324 g/mol. The van der Waals surface area contributed by atoms with Crippen LogP contribution in [-0.4, -0.2) is 40.2 Å². The number of aliphatic hydroxyl groups is 4. The molecule has 0 heterocycles. The predicted octanol–water partition coefficient (Wildman–Crippen LogP) is 2.40. The Morgan fingerprint density at radius 2 is 1.26 bits per heavy atom. The molecule has 0 aliphatic rings. The molecule has 4 nitrogen and oxygen atoms in total. The van der Waals surface area contributed by atoms with E-state index in [1.54, 1.807) is 12.1 Å². The fraction of sp³-hybridized carbons (Fsp3) is 0.684. The van der Waals surface area contributed by atoms with Gasteiger partial charge in [0.2, 0.25) is 0 Å². The van der Waals surface area contributed by atoms with E-state index in [0.29, 0.717) is 5.56 Å². The van der Waals surface area contributed by atoms with Crippen LogP contribution in [0.25, 0.3) is 0 Å². The van der Waals surface area contributed by atoms with Crippen LogP contribution in [-0.2, 0) is 5.41 Å². The van der Waals surface area contributed by atoms with Gasteiger partial charge in [-0.15, -0.1) is 0 Å². The SMILES string of the molecule is CC(C)(C)CC(C)(C)c1ccc(C(O)C(CO)(CO)CO)cc1. The van der Waals surface area contributed by atoms with Crippen molar-refractivity contribution in [2.75, 3.05) is 19.8 Å². The van der Waals surface area contributed by atoms with Crippen molar-refractivity contribution in [2.24, 2.45) is 10.8 Å². The molecule has 1 atom stereocenters. The van der Waals surface area contributed by atoms with Crippen LogP contribution in [0.5, 0.6) is 0 Å². The summed E-state index contributed by atoms with van der Waals surface area (Å²) in [5, 5.41) is 38.8. The minimum atomic E-state index is -1.33. The number of hydrogen-bond donors (Lipinski definition) is 4. The Kier molecular flexibility index (Phi) is 6.39. The second-order valence-corrected chi connectivity index (χ2v) is 8.48. The first kappa shape index (κ1) is 20.1. The molecule has 132 valence electrons. The van der Waals surface area contributed by atoms with Crippen LogP contribution >= 0.6 is 0 Å². The second kappa shape index (κ2) is 7.31. The maximum atomic E-state index is 10.4. The van der Waals surface area contributed by atoms with Crippen LogP contribution in [0.2, 0.25) is 0 Å². The summed E-state index contributed by atoms with van der Waals surface area (Å²) in [7, 11) is 0. The molecule has 0 saturated carbocycles. The summed E-state index contributed by atoms with van der Waals surface area (Å²) in [4.78, 5) is 0. The van der Waals surface area contributed by atoms with Crippen LogP contribution in [0.3, 0.4) is 0 Å². The third-order valence-electron chi connectivity index (χ3n) is 4.50. The summed E-state index contributed by atoms with van der Waals surface area (Å²) in [5.41, 5.74) is 0.636. The summed E-state index contributed by atoms with van der Waals surface area (Å²) in [5.74, 6) is 0. The van der Waals surface area contributed by atoms with E-state index in [9.17, 15) is 20.4 Å². The first-order valence-electron chi connectivity index (χ1n) is 8.12. The maximum absolute atomic E-state index is 10.4. The Morgan fingerprint density at radius 3 is 1.61 bits per heavy atom. The quantitative estimate of drug-likeness (QED) is 0.621. The van der Waals surface area contributed by atoms with Gasteiger partial charge < -0.3 is 20.4 Å². The highest BCUT2D eigenvalue weighted by Gasteiger charge is 2.37. The lowest BCUT2D eigenvalue weighted by molar-refractivity contribution is -0.0852. The molecule has 0 radical (unpaired) electrons. The Bertz CT molecular complexity index is 473. The van der Waals surface area contributed by atoms with Gasteiger partial charge in [-0.3, -0.25) is 0 Å². The standard InChI is InChI=1S/C19H32O4/c1-17(2,3)10-18(4,5)15-8-6-14(7-9-15)16(23)19(11-20,12-21)13-22/h6-9,16,20-23H,10-13H2,1-5H3. The molecule has 1 unspecified atom stereocenters. The van der Waals surface area contributed by atoms with Crippen LogP contribution in [0.1, 0.15) is 58.3 Å². The van der Waals surface area contributed by atoms with Gasteiger partial charge in [-0.05, 0) is 28.4 Å². The summed E-state index contributed by atoms with van der Waals surface area (Å²) in [6.07, 6.45) is -0.0993. The molecule has 23 heavy (non-hydrogen) atoms. The van der Waals surface area contributed by atoms with E-state index in [-0.39, 0.29) is 10.8 Å². The van der Waals surface area contributed by atoms with E-state index >= 15 is 0 Å². The number of benzene rings is 1. The molecule has 0 fully saturated rings. The Hall–Kier alpha value is -0.940. The van der Waals surface area contributed by atoms with Crippen molar-refractivity contribution in [3.8, 4) is 0 Å². The molecule has 1 rings (SSSR count). The van der Waals surface area contributed by atoms with Gasteiger partial charge in [0.1, 0.15) is 0 Å². The highest BCUT2D eigenvalue weighted by atomic mass is 16.3. The van der Waals surface area contributed by atoms with E-state index < -0.39 is 31.3 Å². The van der Waals surface area contributed by atoms with Crippen molar-refractivity contribution >= 4 is 0 Å². The topological polar surface area (TPSA) is 80.9 Å². The zero-order chi connectivity index (χ0) is 17.9. The predicted molar refractivity (Wildman–Crippen MR) is 92.2 cm³/mol. The smallest absolute Gasteiger partial charge is 0.0912 e. The van der Waals surface area contributed by atoms with Crippen molar-refractivity contribution in [1.29, 1.82) is 0 Å². The highest BCUT2D eigenvalue weighted by Crippen LogP contribution is 2.38. The lowest BCUT2D eigenvalue weighted by Gasteiger charge is -2.35. The Morgan fingerprint density at radius 1 is 0.826 bits per heavy atom. The molecule has 0 bridgehead atoms. The molecule has 4 heteroatoms. The van der Waals surface area contributed by atoms with E-state index in [2.05, 4.69) is 34.6 Å². The van der Waals surface area contributed by atoms with E-state index in [1.165, 1.54) is 5.56 Å². The number of aliphatic hydroxyl groups excluding tert-OH is 4. The largest absolute Gasteiger partial charge is 0.395 e. The van der Waals surface area contributed by atoms with Crippen molar-refractivity contribution < 1.29 is 20.4 Å². The molecule has 0 aliphatic heterocycles. The monoisotopic (exact) mass is 324 g/mol. The van der Waals surface area contributed by atoms with Crippen LogP contribution in [0.4, 0.5) is 0 Å². The van der Waals surface area contributed by atoms with Gasteiger partial charge >= 0.3 is 0 Å². The van der Waals surface area contributed by atoms with Crippen molar-refractivity contribution in [3.05, 3.63) is 35.4 Å². The molecule has 0 aromatic heterocycles. The van der Waals surface area contributed by atoms with Crippen LogP contribution < -0.4 is 0 Å². The normalized spacial score (nSPS) is 14.8. The molecule has 0 amide bonds. The molecule has 4 N–H and O–H groups in total. The fourth-order valence-electron chi connectivity index (χ4n) is 3.31. The molecular formula is C19H32O4. The molecule has 0 aliphatic carbocycles. The molecule has 1 aromatic carbocycles. The molecular weight excluding hydrogens is 292 g/mol. The summed E-state index contributed by atoms with van der Waals surface area (Å²) in [6.45, 7) is 9.57. The minimum absolute atomic E-state index is 0.00373. The van der Waals surface area contributed by atoms with Gasteiger partial charge in [0.05, 0.1) is 31.3 Å². The first-order chi connectivity index (χ1) is 10.5. The van der Waals surface area contributed by atoms with Gasteiger partial charge in [-0.25, -0.2) is 0 Å². The minimum Gasteiger partial charge on any atom is -0.395 e. The van der Waals surface area contributed by atoms with Crippen LogP contribution in [0.15, 0.2) is 24.3 Å². The molecule has 0 saturated heterocycles. The summed E-state index contributed by atoms with van der Waals surface area (Å²) in [6, 6.07) is 7.56. The van der Waals surface area contributed by atoms with E-state index in [0.717, 1.165) is 6.42 Å². The molecule has 1 aromatic rings. The van der Waals surface area contributed by atoms with Crippen molar-refractivity contribution in [2.45, 2.75) is 52.6 Å². The van der Waals surface area contributed by atoms with E-state index in [4.69, 9.17) is 0 Å². The van der Waals surface area contributed by atoms with Gasteiger partial charge in [-0.1, -0.05) is 58.9 Å². The van der Waals surface area contributed by atoms with Gasteiger partial charge in [-0.2, -0.15) is 0 Å². The third kappa shape index (κ3) is 4.77. The van der Waals surface area contributed by atoms with Crippen molar-refractivity contribution in [3.63, 3.8) is 0 Å². The lowest BCUT2D eigenvalue weighted by atomic mass is 9.72. The lowest BCUT2D eigenvalue weighted by Crippen LogP contribution is -2.40. The second-order valence-electron chi connectivity index (χ2n) is 8.48. The van der Waals surface area contributed by atoms with Gasteiger partial charge in [0.25, 0.3) is 0 Å². The fourth-order valence-corrected chi connectivity index (χ4v) is 3.31. The van der Waals surface area contributed by atoms with Gasteiger partial charge in [0.15, 0.2) is 0 Å². The van der Waals surface area contributed by atoms with Gasteiger partial charge in [0, 0.05) is 0 Å².